The molecule has 0 saturated heterocycles. The molecule has 6 nitrogen and oxygen atoms in total. The highest BCUT2D eigenvalue weighted by atomic mass is 35.5. The van der Waals surface area contributed by atoms with Gasteiger partial charge in [0.2, 0.25) is 5.78 Å². The smallest absolute Gasteiger partial charge is 0.312 e. The number of esters is 1. The Kier molecular flexibility index (Phi) is 7.85. The van der Waals surface area contributed by atoms with Crippen molar-refractivity contribution in [3.8, 4) is 0 Å². The van der Waals surface area contributed by atoms with Crippen molar-refractivity contribution < 1.29 is 29.0 Å². The summed E-state index contributed by atoms with van der Waals surface area (Å²) in [4.78, 5) is 52.5. The van der Waals surface area contributed by atoms with E-state index >= 15 is 0 Å². The quantitative estimate of drug-likeness (QED) is 0.392. The molecule has 7 heteroatoms. The van der Waals surface area contributed by atoms with Crippen molar-refractivity contribution in [1.29, 1.82) is 0 Å². The van der Waals surface area contributed by atoms with Crippen LogP contribution < -0.4 is 0 Å². The van der Waals surface area contributed by atoms with Crippen molar-refractivity contribution in [3.05, 3.63) is 70.2 Å². The van der Waals surface area contributed by atoms with Crippen molar-refractivity contribution >= 4 is 35.1 Å². The van der Waals surface area contributed by atoms with Gasteiger partial charge in [0.1, 0.15) is 0 Å². The van der Waals surface area contributed by atoms with Gasteiger partial charge in [-0.25, -0.2) is 0 Å². The molecule has 1 unspecified atom stereocenters. The van der Waals surface area contributed by atoms with E-state index in [-0.39, 0.29) is 29.5 Å². The van der Waals surface area contributed by atoms with Crippen LogP contribution in [0.15, 0.2) is 48.5 Å². The van der Waals surface area contributed by atoms with Crippen LogP contribution in [0.25, 0.3) is 0 Å². The van der Waals surface area contributed by atoms with Gasteiger partial charge in [-0.1, -0.05) is 48.0 Å². The zero-order valence-corrected chi connectivity index (χ0v) is 23.1. The fraction of sp³-hybridized carbons (Fsp3) is 0.484. The highest BCUT2D eigenvalue weighted by molar-refractivity contribution is 6.30. The predicted molar refractivity (Wildman–Crippen MR) is 144 cm³/mol. The molecule has 1 fully saturated rings. The number of aliphatic carboxylic acids is 1. The van der Waals surface area contributed by atoms with Gasteiger partial charge >= 0.3 is 11.9 Å². The molecular weight excluding hydrogens is 504 g/mol. The van der Waals surface area contributed by atoms with Crippen LogP contribution in [0.5, 0.6) is 0 Å². The van der Waals surface area contributed by atoms with Gasteiger partial charge in [-0.05, 0) is 89.3 Å². The number of ether oxygens (including phenoxy) is 1. The molecule has 0 aromatic heterocycles. The zero-order chi connectivity index (χ0) is 27.8. The molecule has 2 aliphatic carbocycles. The topological polar surface area (TPSA) is 97.7 Å². The van der Waals surface area contributed by atoms with E-state index in [2.05, 4.69) is 0 Å². The van der Waals surface area contributed by atoms with E-state index < -0.39 is 34.8 Å². The van der Waals surface area contributed by atoms with Crippen LogP contribution in [0.4, 0.5) is 0 Å². The monoisotopic (exact) mass is 538 g/mol. The Balaban J connectivity index is 1.59. The van der Waals surface area contributed by atoms with E-state index in [0.29, 0.717) is 16.5 Å². The van der Waals surface area contributed by atoms with Gasteiger partial charge in [0, 0.05) is 16.1 Å². The van der Waals surface area contributed by atoms with Crippen LogP contribution in [-0.4, -0.2) is 34.7 Å². The molecule has 1 N–H and O–H groups in total. The van der Waals surface area contributed by atoms with E-state index in [9.17, 15) is 24.3 Å². The van der Waals surface area contributed by atoms with Gasteiger partial charge in [0.25, 0.3) is 0 Å². The molecule has 0 aliphatic heterocycles. The Morgan fingerprint density at radius 3 is 1.97 bits per heavy atom. The maximum absolute atomic E-state index is 13.8. The number of carbonyl (C=O) groups excluding carboxylic acids is 3. The Morgan fingerprint density at radius 1 is 0.868 bits per heavy atom. The lowest BCUT2D eigenvalue weighted by molar-refractivity contribution is -0.164. The fourth-order valence-corrected chi connectivity index (χ4v) is 6.33. The van der Waals surface area contributed by atoms with Gasteiger partial charge < -0.3 is 9.84 Å². The van der Waals surface area contributed by atoms with E-state index in [1.807, 2.05) is 24.3 Å². The summed E-state index contributed by atoms with van der Waals surface area (Å²) in [6.07, 6.45) is 1.95. The Bertz CT molecular complexity index is 1240. The summed E-state index contributed by atoms with van der Waals surface area (Å²) >= 11 is 6.05. The average molecular weight is 539 g/mol. The third kappa shape index (κ3) is 5.56. The Labute approximate surface area is 228 Å². The van der Waals surface area contributed by atoms with E-state index in [1.165, 1.54) is 5.56 Å². The lowest BCUT2D eigenvalue weighted by Crippen LogP contribution is -2.49. The molecule has 4 rings (SSSR count). The number of carboxylic acid groups (broad SMARTS) is 1. The molecule has 0 heterocycles. The Morgan fingerprint density at radius 2 is 1.42 bits per heavy atom. The van der Waals surface area contributed by atoms with E-state index in [0.717, 1.165) is 25.7 Å². The molecule has 2 aliphatic rings. The largest absolute Gasteiger partial charge is 0.481 e. The van der Waals surface area contributed by atoms with Crippen molar-refractivity contribution in [2.45, 2.75) is 71.8 Å². The minimum atomic E-state index is -1.23. The second-order valence-corrected chi connectivity index (χ2v) is 12.5. The number of benzene rings is 2. The molecule has 1 saturated carbocycles. The van der Waals surface area contributed by atoms with E-state index in [4.69, 9.17) is 16.3 Å². The predicted octanol–water partition coefficient (Wildman–Crippen LogP) is 6.75. The van der Waals surface area contributed by atoms with Crippen molar-refractivity contribution in [2.24, 2.45) is 22.7 Å². The maximum atomic E-state index is 13.8. The summed E-state index contributed by atoms with van der Waals surface area (Å²) in [6.45, 7) is 6.35. The molecule has 0 amide bonds. The maximum Gasteiger partial charge on any atom is 0.312 e. The number of halogens is 1. The number of ketones is 2. The fourth-order valence-electron chi connectivity index (χ4n) is 6.21. The number of hydrogen-bond donors (Lipinski definition) is 1. The third-order valence-electron chi connectivity index (χ3n) is 8.22. The summed E-state index contributed by atoms with van der Waals surface area (Å²) < 4.78 is 5.89. The first-order chi connectivity index (χ1) is 17.8. The first-order valence-corrected chi connectivity index (χ1v) is 13.6. The van der Waals surface area contributed by atoms with Crippen LogP contribution in [0.2, 0.25) is 5.02 Å². The first kappa shape index (κ1) is 28.0. The summed E-state index contributed by atoms with van der Waals surface area (Å²) in [5.74, 6) is -2.77. The summed E-state index contributed by atoms with van der Waals surface area (Å²) in [5.41, 5.74) is -0.485. The molecule has 2 aromatic rings. The molecule has 38 heavy (non-hydrogen) atoms. The van der Waals surface area contributed by atoms with Gasteiger partial charge in [0.05, 0.1) is 16.7 Å². The number of carboxylic acids is 1. The SMILES string of the molecule is CC(C)(CC(C)(C)C(=O)OC1C(=O)c2ccccc2C(=O)[C@@H]1C1CCC(c2ccc(Cl)cc2)CC1)C(=O)O. The van der Waals surface area contributed by atoms with Crippen LogP contribution in [0.3, 0.4) is 0 Å². The molecular formula is C31H35ClO6. The van der Waals surface area contributed by atoms with Gasteiger partial charge in [-0.2, -0.15) is 0 Å². The molecule has 0 bridgehead atoms. The van der Waals surface area contributed by atoms with Crippen molar-refractivity contribution in [3.63, 3.8) is 0 Å². The normalized spacial score (nSPS) is 24.0. The number of hydrogen-bond acceptors (Lipinski definition) is 5. The van der Waals surface area contributed by atoms with Crippen molar-refractivity contribution in [2.75, 3.05) is 0 Å². The standard InChI is InChI=1S/C31H35ClO6/c1-30(2,28(35)36)17-31(3,4)29(37)38-27-24(25(33)22-7-5-6-8-23(22)26(27)34)20-11-9-18(10-12-20)19-13-15-21(32)16-14-19/h5-8,13-16,18,20,24,27H,9-12,17H2,1-4H3,(H,35,36)/t18?,20?,24-,27?/m0/s1. The second kappa shape index (κ2) is 10.6. The summed E-state index contributed by atoms with van der Waals surface area (Å²) in [7, 11) is 0. The number of Topliss-reactive ketones (excluding diaryl/α,β-unsaturated/α-hetero) is 2. The van der Waals surface area contributed by atoms with E-state index in [1.54, 1.807) is 52.0 Å². The lowest BCUT2D eigenvalue weighted by atomic mass is 9.66. The lowest BCUT2D eigenvalue weighted by Gasteiger charge is -2.40. The highest BCUT2D eigenvalue weighted by Crippen LogP contribution is 2.44. The number of carbonyl (C=O) groups is 4. The minimum Gasteiger partial charge on any atom is -0.481 e. The highest BCUT2D eigenvalue weighted by Gasteiger charge is 2.50. The van der Waals surface area contributed by atoms with Gasteiger partial charge in [0.15, 0.2) is 11.9 Å². The van der Waals surface area contributed by atoms with Crippen LogP contribution >= 0.6 is 11.6 Å². The van der Waals surface area contributed by atoms with Crippen LogP contribution in [0.1, 0.15) is 92.0 Å². The van der Waals surface area contributed by atoms with Crippen LogP contribution in [-0.2, 0) is 14.3 Å². The average Bonchev–Trinajstić information content (AvgIpc) is 2.87. The van der Waals surface area contributed by atoms with Gasteiger partial charge in [-0.3, -0.25) is 19.2 Å². The van der Waals surface area contributed by atoms with Crippen molar-refractivity contribution in [1.82, 2.24) is 0 Å². The molecule has 2 atom stereocenters. The minimum absolute atomic E-state index is 0.0243. The zero-order valence-electron chi connectivity index (χ0n) is 22.3. The summed E-state index contributed by atoms with van der Waals surface area (Å²) in [6, 6.07) is 14.5. The number of rotatable bonds is 7. The third-order valence-corrected chi connectivity index (χ3v) is 8.47. The second-order valence-electron chi connectivity index (χ2n) is 12.0. The van der Waals surface area contributed by atoms with Gasteiger partial charge in [-0.15, -0.1) is 0 Å². The molecule has 2 aromatic carbocycles. The molecule has 0 radical (unpaired) electrons. The molecule has 0 spiro atoms. The molecule has 202 valence electrons. The Hall–Kier alpha value is -2.99. The summed E-state index contributed by atoms with van der Waals surface area (Å²) in [5, 5.41) is 10.3. The number of fused-ring (bicyclic) bond motifs is 1. The van der Waals surface area contributed by atoms with Crippen LogP contribution in [0, 0.1) is 22.7 Å². The first-order valence-electron chi connectivity index (χ1n) is 13.2.